The number of benzene rings is 1. The highest BCUT2D eigenvalue weighted by atomic mass is 16.7. The second-order valence-corrected chi connectivity index (χ2v) is 7.10. The van der Waals surface area contributed by atoms with Crippen molar-refractivity contribution in [1.29, 1.82) is 0 Å². The summed E-state index contributed by atoms with van der Waals surface area (Å²) in [5.74, 6) is -1.11. The number of carbonyl (C=O) groups is 3. The van der Waals surface area contributed by atoms with Crippen molar-refractivity contribution in [3.05, 3.63) is 66.0 Å². The fraction of sp³-hybridized carbons (Fsp3) is 0.333. The molecule has 2 aliphatic rings. The molecule has 10 heteroatoms. The van der Waals surface area contributed by atoms with Crippen molar-refractivity contribution in [1.82, 2.24) is 19.7 Å². The predicted octanol–water partition coefficient (Wildman–Crippen LogP) is 1.75. The number of nitrogens with zero attached hydrogens (tertiary/aromatic N) is 4. The molecule has 1 aromatic carbocycles. The molecule has 1 fully saturated rings. The van der Waals surface area contributed by atoms with Crippen LogP contribution in [0.25, 0.3) is 0 Å². The van der Waals surface area contributed by atoms with Gasteiger partial charge in [-0.1, -0.05) is 43.0 Å². The van der Waals surface area contributed by atoms with E-state index in [9.17, 15) is 14.4 Å². The number of hydrogen-bond donors (Lipinski definition) is 0. The first kappa shape index (κ1) is 20.6. The molecule has 2 atom stereocenters. The average Bonchev–Trinajstić information content (AvgIpc) is 3.32. The summed E-state index contributed by atoms with van der Waals surface area (Å²) in [6.45, 7) is 3.89. The summed E-state index contributed by atoms with van der Waals surface area (Å²) >= 11 is 0. The molecule has 0 spiro atoms. The molecule has 31 heavy (non-hydrogen) atoms. The average molecular weight is 426 g/mol. The van der Waals surface area contributed by atoms with Crippen LogP contribution in [0.4, 0.5) is 4.79 Å². The van der Waals surface area contributed by atoms with Crippen LogP contribution < -0.4 is 0 Å². The first-order chi connectivity index (χ1) is 15.0. The number of urea groups is 1. The molecule has 4 rings (SSSR count). The maximum atomic E-state index is 13.0. The Labute approximate surface area is 178 Å². The molecule has 0 saturated carbocycles. The number of aromatic nitrogens is 2. The topological polar surface area (TPSA) is 103 Å². The van der Waals surface area contributed by atoms with E-state index in [0.29, 0.717) is 11.3 Å². The van der Waals surface area contributed by atoms with Gasteiger partial charge in [0.05, 0.1) is 13.7 Å². The molecule has 3 heterocycles. The van der Waals surface area contributed by atoms with Gasteiger partial charge in [0.1, 0.15) is 31.5 Å². The zero-order valence-electron chi connectivity index (χ0n) is 17.0. The second-order valence-electron chi connectivity index (χ2n) is 7.10. The van der Waals surface area contributed by atoms with Gasteiger partial charge in [0, 0.05) is 11.8 Å². The van der Waals surface area contributed by atoms with Crippen LogP contribution in [0.3, 0.4) is 0 Å². The number of esters is 2. The van der Waals surface area contributed by atoms with E-state index in [2.05, 4.69) is 11.7 Å². The normalized spacial score (nSPS) is 19.2. The lowest BCUT2D eigenvalue weighted by Gasteiger charge is -2.27. The maximum absolute atomic E-state index is 13.0. The van der Waals surface area contributed by atoms with Crippen molar-refractivity contribution >= 4 is 18.0 Å². The fourth-order valence-electron chi connectivity index (χ4n) is 3.73. The van der Waals surface area contributed by atoms with Gasteiger partial charge >= 0.3 is 18.0 Å². The third-order valence-electron chi connectivity index (χ3n) is 5.13. The van der Waals surface area contributed by atoms with Crippen LogP contribution in [0.1, 0.15) is 28.9 Å². The number of methoxy groups -OCH3 is 1. The zero-order chi connectivity index (χ0) is 22.0. The van der Waals surface area contributed by atoms with Crippen LogP contribution in [0.5, 0.6) is 0 Å². The predicted molar refractivity (Wildman–Crippen MR) is 106 cm³/mol. The Hall–Kier alpha value is -3.66. The van der Waals surface area contributed by atoms with Crippen molar-refractivity contribution < 1.29 is 28.7 Å². The van der Waals surface area contributed by atoms with Gasteiger partial charge < -0.3 is 14.4 Å². The highest BCUT2D eigenvalue weighted by Crippen LogP contribution is 2.43. The summed E-state index contributed by atoms with van der Waals surface area (Å²) in [7, 11) is 1.25. The molecule has 10 nitrogen and oxygen atoms in total. The minimum absolute atomic E-state index is 0.0939. The quantitative estimate of drug-likeness (QED) is 0.468. The third-order valence-corrected chi connectivity index (χ3v) is 5.13. The number of carbonyl (C=O) groups excluding carboxylic acids is 3. The van der Waals surface area contributed by atoms with Gasteiger partial charge in [-0.25, -0.2) is 9.59 Å². The van der Waals surface area contributed by atoms with Crippen LogP contribution in [-0.2, 0) is 37.1 Å². The van der Waals surface area contributed by atoms with Gasteiger partial charge in [-0.2, -0.15) is 10.2 Å². The third kappa shape index (κ3) is 3.89. The first-order valence-electron chi connectivity index (χ1n) is 9.71. The van der Waals surface area contributed by atoms with Gasteiger partial charge in [-0.15, -0.1) is 0 Å². The Morgan fingerprint density at radius 1 is 1.29 bits per heavy atom. The molecule has 0 aliphatic carbocycles. The smallest absolute Gasteiger partial charge is 0.345 e. The Kier molecular flexibility index (Phi) is 5.72. The van der Waals surface area contributed by atoms with Gasteiger partial charge in [0.25, 0.3) is 0 Å². The van der Waals surface area contributed by atoms with Crippen LogP contribution >= 0.6 is 0 Å². The Morgan fingerprint density at radius 2 is 2.06 bits per heavy atom. The van der Waals surface area contributed by atoms with Crippen LogP contribution in [0, 0.1) is 0 Å². The summed E-state index contributed by atoms with van der Waals surface area (Å²) in [5, 5.41) is 5.65. The Morgan fingerprint density at radius 3 is 2.77 bits per heavy atom. The lowest BCUT2D eigenvalue weighted by atomic mass is 9.98. The highest BCUT2D eigenvalue weighted by Gasteiger charge is 2.53. The van der Waals surface area contributed by atoms with E-state index in [1.54, 1.807) is 6.20 Å². The zero-order valence-corrected chi connectivity index (χ0v) is 17.0. The molecular formula is C21H22N4O6. The first-order valence-corrected chi connectivity index (χ1v) is 9.71. The highest BCUT2D eigenvalue weighted by molar-refractivity contribution is 5.87. The molecule has 2 bridgehead atoms. The monoisotopic (exact) mass is 426 g/mol. The molecule has 0 N–H and O–H groups in total. The van der Waals surface area contributed by atoms with Gasteiger partial charge in [-0.3, -0.25) is 14.3 Å². The van der Waals surface area contributed by atoms with E-state index in [1.165, 1.54) is 27.8 Å². The number of hydroxylamine groups is 2. The largest absolute Gasteiger partial charge is 0.467 e. The van der Waals surface area contributed by atoms with Crippen molar-refractivity contribution in [2.24, 2.45) is 0 Å². The molecular weight excluding hydrogens is 404 g/mol. The van der Waals surface area contributed by atoms with Crippen molar-refractivity contribution in [2.75, 3.05) is 20.3 Å². The molecule has 0 radical (unpaired) electrons. The maximum Gasteiger partial charge on any atom is 0.345 e. The second kappa shape index (κ2) is 8.60. The standard InChI is InChI=1S/C21H22N4O6/c1-3-9-30-17(26)12-23-10-15-16-11-24(19(18(15)22-23)20(27)29-2)21(28)25(16)31-13-14-7-5-4-6-8-14/h3-8,10,16,19H,1,9,11-13H2,2H3/t16-,19+/m1/s1. The molecule has 2 aliphatic heterocycles. The van der Waals surface area contributed by atoms with E-state index >= 15 is 0 Å². The van der Waals surface area contributed by atoms with Gasteiger partial charge in [0.2, 0.25) is 0 Å². The van der Waals surface area contributed by atoms with E-state index < -0.39 is 30.1 Å². The minimum Gasteiger partial charge on any atom is -0.467 e. The van der Waals surface area contributed by atoms with E-state index in [4.69, 9.17) is 14.3 Å². The number of ether oxygens (including phenoxy) is 2. The SMILES string of the molecule is C=CCOC(=O)Cn1cc2c(n1)[C@@H](C(=O)OC)N1C[C@H]2N(OCc2ccccc2)C1=O. The van der Waals surface area contributed by atoms with Crippen LogP contribution in [0.2, 0.25) is 0 Å². The van der Waals surface area contributed by atoms with Gasteiger partial charge in [-0.05, 0) is 5.56 Å². The van der Waals surface area contributed by atoms with Crippen LogP contribution in [-0.4, -0.2) is 58.0 Å². The minimum atomic E-state index is -1.01. The molecule has 2 aromatic rings. The van der Waals surface area contributed by atoms with Crippen molar-refractivity contribution in [3.63, 3.8) is 0 Å². The molecule has 0 unspecified atom stereocenters. The van der Waals surface area contributed by atoms with E-state index in [0.717, 1.165) is 5.56 Å². The van der Waals surface area contributed by atoms with Crippen LogP contribution in [0.15, 0.2) is 49.2 Å². The lowest BCUT2D eigenvalue weighted by Crippen LogP contribution is -2.39. The van der Waals surface area contributed by atoms with Crippen molar-refractivity contribution in [2.45, 2.75) is 25.2 Å². The summed E-state index contributed by atoms with van der Waals surface area (Å²) in [6, 6.07) is 7.52. The number of amides is 2. The van der Waals surface area contributed by atoms with E-state index in [-0.39, 0.29) is 26.3 Å². The number of rotatable bonds is 8. The molecule has 162 valence electrons. The Bertz CT molecular complexity index is 1000. The summed E-state index contributed by atoms with van der Waals surface area (Å²) in [5.41, 5.74) is 1.89. The van der Waals surface area contributed by atoms with E-state index in [1.807, 2.05) is 30.3 Å². The van der Waals surface area contributed by atoms with Crippen molar-refractivity contribution in [3.8, 4) is 0 Å². The summed E-state index contributed by atoms with van der Waals surface area (Å²) < 4.78 is 11.3. The molecule has 2 amide bonds. The summed E-state index contributed by atoms with van der Waals surface area (Å²) in [6.07, 6.45) is 3.11. The number of hydrogen-bond acceptors (Lipinski definition) is 7. The van der Waals surface area contributed by atoms with Gasteiger partial charge in [0.15, 0.2) is 6.04 Å². The Balaban J connectivity index is 1.61. The fourth-order valence-corrected chi connectivity index (χ4v) is 3.73. The lowest BCUT2D eigenvalue weighted by molar-refractivity contribution is -0.146. The number of fused-ring (bicyclic) bond motifs is 4. The summed E-state index contributed by atoms with van der Waals surface area (Å²) in [4.78, 5) is 44.7. The molecule has 1 saturated heterocycles. The molecule has 1 aromatic heterocycles.